The van der Waals surface area contributed by atoms with Crippen LogP contribution in [0.2, 0.25) is 10.0 Å². The molecule has 1 aliphatic heterocycles. The van der Waals surface area contributed by atoms with E-state index in [-0.39, 0.29) is 17.7 Å². The van der Waals surface area contributed by atoms with Crippen molar-refractivity contribution in [3.05, 3.63) is 103 Å². The van der Waals surface area contributed by atoms with Crippen molar-refractivity contribution in [3.63, 3.8) is 0 Å². The van der Waals surface area contributed by atoms with Gasteiger partial charge in [0.2, 0.25) is 0 Å². The highest BCUT2D eigenvalue weighted by Crippen LogP contribution is 2.35. The van der Waals surface area contributed by atoms with Gasteiger partial charge in [-0.1, -0.05) is 53.5 Å². The minimum atomic E-state index is -0.311. The Kier molecular flexibility index (Phi) is 7.26. The first-order valence-corrected chi connectivity index (χ1v) is 11.9. The van der Waals surface area contributed by atoms with E-state index in [1.165, 1.54) is 4.90 Å². The summed E-state index contributed by atoms with van der Waals surface area (Å²) in [7, 11) is 0. The van der Waals surface area contributed by atoms with E-state index in [0.717, 1.165) is 32.9 Å². The Bertz CT molecular complexity index is 1200. The molecule has 4 rings (SSSR count). The molecule has 3 aromatic carbocycles. The van der Waals surface area contributed by atoms with E-state index in [4.69, 9.17) is 27.9 Å². The second kappa shape index (κ2) is 10.1. The maximum atomic E-state index is 12.8. The lowest BCUT2D eigenvalue weighted by Gasteiger charge is -2.12. The van der Waals surface area contributed by atoms with E-state index in [0.29, 0.717) is 27.3 Å². The van der Waals surface area contributed by atoms with Crippen LogP contribution in [-0.4, -0.2) is 16.0 Å². The molecule has 0 spiro atoms. The van der Waals surface area contributed by atoms with Gasteiger partial charge in [0, 0.05) is 10.0 Å². The zero-order chi connectivity index (χ0) is 22.7. The van der Waals surface area contributed by atoms with Gasteiger partial charge in [0.05, 0.1) is 15.9 Å². The van der Waals surface area contributed by atoms with Crippen LogP contribution < -0.4 is 4.74 Å². The van der Waals surface area contributed by atoms with Crippen LogP contribution in [0.3, 0.4) is 0 Å². The van der Waals surface area contributed by atoms with E-state index in [1.54, 1.807) is 30.3 Å². The topological polar surface area (TPSA) is 46.6 Å². The molecule has 1 fully saturated rings. The number of carbonyl (C=O) groups excluding carboxylic acids is 2. The van der Waals surface area contributed by atoms with Crippen molar-refractivity contribution in [2.24, 2.45) is 0 Å². The van der Waals surface area contributed by atoms with Crippen molar-refractivity contribution in [2.45, 2.75) is 13.2 Å². The second-order valence-corrected chi connectivity index (χ2v) is 9.72. The van der Waals surface area contributed by atoms with Gasteiger partial charge in [0.15, 0.2) is 0 Å². The molecular formula is C24H16BrCl2NO3S. The van der Waals surface area contributed by atoms with Crippen LogP contribution in [0.25, 0.3) is 6.08 Å². The first-order valence-electron chi connectivity index (χ1n) is 9.55. The summed E-state index contributed by atoms with van der Waals surface area (Å²) in [6.07, 6.45) is 1.71. The molecule has 2 amide bonds. The van der Waals surface area contributed by atoms with Gasteiger partial charge >= 0.3 is 0 Å². The van der Waals surface area contributed by atoms with Gasteiger partial charge in [-0.25, -0.2) is 0 Å². The standard InChI is InChI=1S/C24H16BrCl2NO3S/c25-20-11-17(5-10-21(20)31-14-16-3-8-19(27)9-4-16)12-22-23(29)28(24(30)32-22)13-15-1-6-18(26)7-2-15/h1-12H,13-14H2/b22-12-. The predicted molar refractivity (Wildman–Crippen MR) is 133 cm³/mol. The molecule has 0 unspecified atom stereocenters. The summed E-state index contributed by atoms with van der Waals surface area (Å²) < 4.78 is 6.61. The summed E-state index contributed by atoms with van der Waals surface area (Å²) in [6.45, 7) is 0.610. The molecule has 3 aromatic rings. The third-order valence-corrected chi connectivity index (χ3v) is 6.72. The Labute approximate surface area is 208 Å². The number of benzene rings is 3. The number of amides is 2. The summed E-state index contributed by atoms with van der Waals surface area (Å²) >= 11 is 16.3. The lowest BCUT2D eigenvalue weighted by atomic mass is 10.2. The van der Waals surface area contributed by atoms with Crippen LogP contribution in [0, 0.1) is 0 Å². The molecule has 0 bridgehead atoms. The molecule has 1 heterocycles. The Morgan fingerprint density at radius 2 is 1.53 bits per heavy atom. The Balaban J connectivity index is 1.44. The van der Waals surface area contributed by atoms with Crippen molar-refractivity contribution < 1.29 is 14.3 Å². The molecule has 0 atom stereocenters. The highest BCUT2D eigenvalue weighted by atomic mass is 79.9. The van der Waals surface area contributed by atoms with E-state index >= 15 is 0 Å². The fraction of sp³-hybridized carbons (Fsp3) is 0.0833. The van der Waals surface area contributed by atoms with Gasteiger partial charge in [-0.15, -0.1) is 0 Å². The highest BCUT2D eigenvalue weighted by Gasteiger charge is 2.35. The van der Waals surface area contributed by atoms with Gasteiger partial charge in [-0.3, -0.25) is 14.5 Å². The zero-order valence-corrected chi connectivity index (χ0v) is 20.5. The van der Waals surface area contributed by atoms with Gasteiger partial charge in [0.25, 0.3) is 11.1 Å². The number of hydrogen-bond donors (Lipinski definition) is 0. The lowest BCUT2D eigenvalue weighted by Crippen LogP contribution is -2.27. The molecule has 0 aromatic heterocycles. The van der Waals surface area contributed by atoms with Gasteiger partial charge < -0.3 is 4.74 Å². The molecule has 0 saturated carbocycles. The molecule has 1 aliphatic rings. The van der Waals surface area contributed by atoms with Crippen LogP contribution in [0.15, 0.2) is 76.1 Å². The van der Waals surface area contributed by atoms with Crippen LogP contribution in [0.4, 0.5) is 4.79 Å². The summed E-state index contributed by atoms with van der Waals surface area (Å²) in [5.41, 5.74) is 2.62. The van der Waals surface area contributed by atoms with Crippen molar-refractivity contribution in [1.29, 1.82) is 0 Å². The van der Waals surface area contributed by atoms with Gasteiger partial charge in [-0.05, 0) is 86.9 Å². The maximum absolute atomic E-state index is 12.8. The third-order valence-electron chi connectivity index (χ3n) is 4.69. The predicted octanol–water partition coefficient (Wildman–Crippen LogP) is 7.57. The first-order chi connectivity index (χ1) is 15.4. The highest BCUT2D eigenvalue weighted by molar-refractivity contribution is 9.10. The zero-order valence-electron chi connectivity index (χ0n) is 16.6. The molecule has 0 aliphatic carbocycles. The first kappa shape index (κ1) is 22.9. The molecule has 4 nitrogen and oxygen atoms in total. The summed E-state index contributed by atoms with van der Waals surface area (Å²) in [5.74, 6) is 0.363. The number of nitrogens with zero attached hydrogens (tertiary/aromatic N) is 1. The molecule has 0 radical (unpaired) electrons. The average molecular weight is 549 g/mol. The van der Waals surface area contributed by atoms with Crippen LogP contribution in [0.1, 0.15) is 16.7 Å². The van der Waals surface area contributed by atoms with E-state index in [1.807, 2.05) is 42.5 Å². The fourth-order valence-electron chi connectivity index (χ4n) is 3.03. The number of rotatable bonds is 6. The van der Waals surface area contributed by atoms with Gasteiger partial charge in [0.1, 0.15) is 12.4 Å². The SMILES string of the molecule is O=C1S/C(=C\c2ccc(OCc3ccc(Cl)cc3)c(Br)c2)C(=O)N1Cc1ccc(Cl)cc1. The Morgan fingerprint density at radius 3 is 2.16 bits per heavy atom. The largest absolute Gasteiger partial charge is 0.488 e. The number of hydrogen-bond acceptors (Lipinski definition) is 4. The number of ether oxygens (including phenoxy) is 1. The number of halogens is 3. The van der Waals surface area contributed by atoms with Crippen LogP contribution >= 0.6 is 50.9 Å². The summed E-state index contributed by atoms with van der Waals surface area (Å²) in [6, 6.07) is 20.0. The lowest BCUT2D eigenvalue weighted by molar-refractivity contribution is -0.123. The minimum absolute atomic E-state index is 0.209. The maximum Gasteiger partial charge on any atom is 0.293 e. The van der Waals surface area contributed by atoms with E-state index < -0.39 is 0 Å². The molecule has 32 heavy (non-hydrogen) atoms. The third kappa shape index (κ3) is 5.56. The summed E-state index contributed by atoms with van der Waals surface area (Å²) in [4.78, 5) is 26.8. The number of imide groups is 1. The van der Waals surface area contributed by atoms with Crippen molar-refractivity contribution >= 4 is 68.1 Å². The minimum Gasteiger partial charge on any atom is -0.488 e. The Hall–Kier alpha value is -2.25. The van der Waals surface area contributed by atoms with E-state index in [2.05, 4.69) is 15.9 Å². The number of carbonyl (C=O) groups is 2. The molecule has 162 valence electrons. The molecule has 0 N–H and O–H groups in total. The van der Waals surface area contributed by atoms with Crippen LogP contribution in [-0.2, 0) is 17.9 Å². The Morgan fingerprint density at radius 1 is 0.906 bits per heavy atom. The van der Waals surface area contributed by atoms with E-state index in [9.17, 15) is 9.59 Å². The summed E-state index contributed by atoms with van der Waals surface area (Å²) in [5, 5.41) is 0.990. The van der Waals surface area contributed by atoms with Crippen molar-refractivity contribution in [1.82, 2.24) is 4.90 Å². The van der Waals surface area contributed by atoms with Gasteiger partial charge in [-0.2, -0.15) is 0 Å². The number of thioether (sulfide) groups is 1. The quantitative estimate of drug-likeness (QED) is 0.298. The molecule has 8 heteroatoms. The fourth-order valence-corrected chi connectivity index (χ4v) is 4.63. The molecular weight excluding hydrogens is 533 g/mol. The monoisotopic (exact) mass is 547 g/mol. The average Bonchev–Trinajstić information content (AvgIpc) is 3.03. The van der Waals surface area contributed by atoms with Crippen LogP contribution in [0.5, 0.6) is 5.75 Å². The second-order valence-electron chi connectivity index (χ2n) is 7.00. The van der Waals surface area contributed by atoms with Crippen molar-refractivity contribution in [3.8, 4) is 5.75 Å². The molecule has 1 saturated heterocycles. The smallest absolute Gasteiger partial charge is 0.293 e. The normalized spacial score (nSPS) is 15.0. The van der Waals surface area contributed by atoms with Crippen molar-refractivity contribution in [2.75, 3.05) is 0 Å².